The second kappa shape index (κ2) is 4.59. The first-order valence-electron chi connectivity index (χ1n) is 5.61. The van der Waals surface area contributed by atoms with Crippen LogP contribution >= 0.6 is 23.1 Å². The van der Waals surface area contributed by atoms with Crippen LogP contribution in [0.3, 0.4) is 0 Å². The van der Waals surface area contributed by atoms with E-state index in [1.54, 1.807) is 15.8 Å². The highest BCUT2D eigenvalue weighted by atomic mass is 35.5. The molecule has 0 bridgehead atoms. The Morgan fingerprint density at radius 1 is 1.53 bits per heavy atom. The molecule has 2 heterocycles. The molecule has 0 saturated heterocycles. The summed E-state index contributed by atoms with van der Waals surface area (Å²) in [5.74, 6) is -0.196. The van der Waals surface area contributed by atoms with E-state index in [9.17, 15) is 4.79 Å². The van der Waals surface area contributed by atoms with Gasteiger partial charge in [0.2, 0.25) is 0 Å². The number of rotatable bonds is 1. The number of nitrogens with zero attached hydrogens (tertiary/aromatic N) is 1. The number of hydrogen-bond donors (Lipinski definition) is 0. The summed E-state index contributed by atoms with van der Waals surface area (Å²) in [5.41, 5.74) is 0.705. The van der Waals surface area contributed by atoms with Crippen molar-refractivity contribution in [1.82, 2.24) is 4.42 Å². The Morgan fingerprint density at radius 3 is 2.88 bits per heavy atom. The van der Waals surface area contributed by atoms with Crippen LogP contribution in [0, 0.1) is 5.41 Å². The molecule has 1 aliphatic rings. The molecule has 3 nitrogen and oxygen atoms in total. The van der Waals surface area contributed by atoms with Crippen LogP contribution in [-0.4, -0.2) is 16.9 Å². The third kappa shape index (κ3) is 3.00. The lowest BCUT2D eigenvalue weighted by Crippen LogP contribution is -2.25. The van der Waals surface area contributed by atoms with Crippen LogP contribution in [0.4, 0.5) is 0 Å². The molecule has 17 heavy (non-hydrogen) atoms. The minimum atomic E-state index is -0.469. The average molecular weight is 274 g/mol. The summed E-state index contributed by atoms with van der Waals surface area (Å²) in [6.07, 6.45) is 0.927. The predicted octanol–water partition coefficient (Wildman–Crippen LogP) is 3.21. The minimum absolute atomic E-state index is 0.196. The third-order valence-corrected chi connectivity index (χ3v) is 4.01. The Kier molecular flexibility index (Phi) is 3.48. The lowest BCUT2D eigenvalue weighted by atomic mass is 9.97. The molecule has 0 aliphatic carbocycles. The second-order valence-electron chi connectivity index (χ2n) is 5.25. The van der Waals surface area contributed by atoms with Gasteiger partial charge in [0.1, 0.15) is 0 Å². The lowest BCUT2D eigenvalue weighted by Gasteiger charge is -2.18. The van der Waals surface area contributed by atoms with Crippen LogP contribution in [-0.2, 0) is 17.8 Å². The topological polar surface area (TPSA) is 29.5 Å². The zero-order valence-electron chi connectivity index (χ0n) is 10.2. The number of esters is 1. The fraction of sp³-hybridized carbons (Fsp3) is 0.583. The highest BCUT2D eigenvalue weighted by molar-refractivity contribution is 7.14. The molecule has 5 heteroatoms. The van der Waals surface area contributed by atoms with Crippen LogP contribution in [0.2, 0.25) is 0 Å². The van der Waals surface area contributed by atoms with Gasteiger partial charge in [-0.15, -0.1) is 11.3 Å². The van der Waals surface area contributed by atoms with Crippen LogP contribution in [0.15, 0.2) is 6.07 Å². The Labute approximate surface area is 110 Å². The average Bonchev–Trinajstić information content (AvgIpc) is 2.57. The van der Waals surface area contributed by atoms with Crippen molar-refractivity contribution in [2.45, 2.75) is 33.7 Å². The van der Waals surface area contributed by atoms with Gasteiger partial charge in [0.15, 0.2) is 5.06 Å². The predicted molar refractivity (Wildman–Crippen MR) is 69.4 cm³/mol. The number of carbonyl (C=O) groups excluding carboxylic acids is 1. The fourth-order valence-electron chi connectivity index (χ4n) is 1.57. The summed E-state index contributed by atoms with van der Waals surface area (Å²) < 4.78 is 7.14. The van der Waals surface area contributed by atoms with Crippen LogP contribution in [0.1, 0.15) is 31.2 Å². The van der Waals surface area contributed by atoms with Gasteiger partial charge in [-0.2, -0.15) is 0 Å². The number of halogens is 1. The van der Waals surface area contributed by atoms with E-state index in [4.69, 9.17) is 16.5 Å². The van der Waals surface area contributed by atoms with E-state index in [2.05, 4.69) is 0 Å². The zero-order valence-corrected chi connectivity index (χ0v) is 11.8. The van der Waals surface area contributed by atoms with E-state index in [1.807, 2.05) is 26.8 Å². The maximum atomic E-state index is 11.8. The first kappa shape index (κ1) is 12.9. The van der Waals surface area contributed by atoms with Crippen molar-refractivity contribution < 1.29 is 9.53 Å². The molecular formula is C12H16ClNO2S. The number of hydrogen-bond acceptors (Lipinski definition) is 4. The normalized spacial score (nSPS) is 16.7. The Bertz CT molecular complexity index is 436. The van der Waals surface area contributed by atoms with Crippen LogP contribution in [0.5, 0.6) is 5.06 Å². The first-order chi connectivity index (χ1) is 7.86. The van der Waals surface area contributed by atoms with E-state index in [0.717, 1.165) is 19.5 Å². The maximum Gasteiger partial charge on any atom is 0.317 e. The maximum absolute atomic E-state index is 11.8. The Morgan fingerprint density at radius 2 is 2.24 bits per heavy atom. The van der Waals surface area contributed by atoms with E-state index in [-0.39, 0.29) is 5.97 Å². The molecule has 1 aliphatic heterocycles. The molecule has 2 rings (SSSR count). The highest BCUT2D eigenvalue weighted by Gasteiger charge is 2.25. The van der Waals surface area contributed by atoms with E-state index in [0.29, 0.717) is 5.06 Å². The van der Waals surface area contributed by atoms with Gasteiger partial charge in [0.05, 0.1) is 5.41 Å². The van der Waals surface area contributed by atoms with Crippen molar-refractivity contribution >= 4 is 29.1 Å². The van der Waals surface area contributed by atoms with Crippen molar-refractivity contribution in [3.05, 3.63) is 16.5 Å². The number of fused-ring (bicyclic) bond motifs is 1. The standard InChI is InChI=1S/C12H16ClNO2S/c1-12(2,3)11(15)16-10-6-8-7-14(13)5-4-9(8)17-10/h6H,4-5,7H2,1-3H3. The van der Waals surface area contributed by atoms with Gasteiger partial charge in [-0.3, -0.25) is 4.79 Å². The molecule has 0 radical (unpaired) electrons. The molecule has 1 aromatic rings. The molecular weight excluding hydrogens is 258 g/mol. The van der Waals surface area contributed by atoms with E-state index < -0.39 is 5.41 Å². The highest BCUT2D eigenvalue weighted by Crippen LogP contribution is 2.34. The molecule has 94 valence electrons. The third-order valence-electron chi connectivity index (χ3n) is 2.60. The van der Waals surface area contributed by atoms with Gasteiger partial charge in [-0.25, -0.2) is 4.42 Å². The largest absolute Gasteiger partial charge is 0.415 e. The second-order valence-corrected chi connectivity index (χ2v) is 6.83. The summed E-state index contributed by atoms with van der Waals surface area (Å²) in [7, 11) is 0. The molecule has 0 amide bonds. The van der Waals surface area contributed by atoms with Crippen molar-refractivity contribution in [2.24, 2.45) is 5.41 Å². The van der Waals surface area contributed by atoms with E-state index in [1.165, 1.54) is 10.4 Å². The van der Waals surface area contributed by atoms with Gasteiger partial charge in [-0.1, -0.05) is 0 Å². The number of carbonyl (C=O) groups is 1. The minimum Gasteiger partial charge on any atom is -0.415 e. The summed E-state index contributed by atoms with van der Waals surface area (Å²) in [5, 5.41) is 0.682. The fourth-order valence-corrected chi connectivity index (χ4v) is 2.79. The summed E-state index contributed by atoms with van der Waals surface area (Å²) in [6, 6.07) is 1.93. The van der Waals surface area contributed by atoms with Gasteiger partial charge in [0.25, 0.3) is 0 Å². The smallest absolute Gasteiger partial charge is 0.317 e. The number of thiophene rings is 1. The van der Waals surface area contributed by atoms with Crippen molar-refractivity contribution in [1.29, 1.82) is 0 Å². The molecule has 0 spiro atoms. The quantitative estimate of drug-likeness (QED) is 0.581. The van der Waals surface area contributed by atoms with Gasteiger partial charge in [-0.05, 0) is 50.6 Å². The SMILES string of the molecule is CC(C)(C)C(=O)Oc1cc2c(s1)CCN(Cl)C2. The van der Waals surface area contributed by atoms with E-state index >= 15 is 0 Å². The molecule has 0 aromatic carbocycles. The monoisotopic (exact) mass is 273 g/mol. The van der Waals surface area contributed by atoms with Gasteiger partial charge >= 0.3 is 5.97 Å². The van der Waals surface area contributed by atoms with Crippen molar-refractivity contribution in [3.63, 3.8) is 0 Å². The molecule has 1 aromatic heterocycles. The summed E-state index contributed by atoms with van der Waals surface area (Å²) >= 11 is 7.52. The van der Waals surface area contributed by atoms with Crippen molar-refractivity contribution in [2.75, 3.05) is 6.54 Å². The van der Waals surface area contributed by atoms with Gasteiger partial charge < -0.3 is 4.74 Å². The Balaban J connectivity index is 2.11. The molecule has 0 saturated carbocycles. The molecule has 0 unspecified atom stereocenters. The van der Waals surface area contributed by atoms with Gasteiger partial charge in [0, 0.05) is 18.0 Å². The van der Waals surface area contributed by atoms with Crippen molar-refractivity contribution in [3.8, 4) is 5.06 Å². The Hall–Kier alpha value is -0.580. The summed E-state index contributed by atoms with van der Waals surface area (Å²) in [4.78, 5) is 13.0. The van der Waals surface area contributed by atoms with Crippen LogP contribution < -0.4 is 4.74 Å². The lowest BCUT2D eigenvalue weighted by molar-refractivity contribution is -0.142. The molecule has 0 N–H and O–H groups in total. The van der Waals surface area contributed by atoms with Crippen LogP contribution in [0.25, 0.3) is 0 Å². The summed E-state index contributed by atoms with van der Waals surface area (Å²) in [6.45, 7) is 7.12. The first-order valence-corrected chi connectivity index (χ1v) is 6.76. The number of ether oxygens (including phenoxy) is 1. The zero-order chi connectivity index (χ0) is 12.6. The molecule has 0 fully saturated rings. The molecule has 0 atom stereocenters.